The molecule has 1 atom stereocenters. The number of aromatic nitrogens is 4. The van der Waals surface area contributed by atoms with E-state index in [9.17, 15) is 9.18 Å². The topological polar surface area (TPSA) is 81.4 Å². The zero-order valence-corrected chi connectivity index (χ0v) is 17.0. The van der Waals surface area contributed by atoms with Gasteiger partial charge in [0.1, 0.15) is 12.4 Å². The third-order valence-corrected chi connectivity index (χ3v) is 4.92. The van der Waals surface area contributed by atoms with Crippen LogP contribution in [0, 0.1) is 5.82 Å². The maximum atomic E-state index is 13.2. The third-order valence-electron chi connectivity index (χ3n) is 4.92. The first-order valence-corrected chi connectivity index (χ1v) is 10.1. The number of nitrogens with zero attached hydrogens (tertiary/aromatic N) is 4. The van der Waals surface area contributed by atoms with E-state index in [0.29, 0.717) is 35.9 Å². The maximum Gasteiger partial charge on any atom is 0.231 e. The van der Waals surface area contributed by atoms with Crippen molar-refractivity contribution in [3.63, 3.8) is 0 Å². The van der Waals surface area contributed by atoms with Crippen LogP contribution in [-0.2, 0) is 4.79 Å². The molecule has 0 aliphatic rings. The van der Waals surface area contributed by atoms with Crippen LogP contribution in [0.3, 0.4) is 0 Å². The average molecular weight is 419 g/mol. The highest BCUT2D eigenvalue weighted by atomic mass is 19.1. The normalized spacial score (nSPS) is 11.9. The van der Waals surface area contributed by atoms with Crippen molar-refractivity contribution in [2.24, 2.45) is 0 Å². The van der Waals surface area contributed by atoms with Crippen LogP contribution in [0.15, 0.2) is 66.7 Å². The Labute approximate surface area is 178 Å². The molecule has 8 heteroatoms. The smallest absolute Gasteiger partial charge is 0.231 e. The zero-order valence-electron chi connectivity index (χ0n) is 17.0. The third kappa shape index (κ3) is 4.69. The molecule has 0 radical (unpaired) electrons. The number of carbonyl (C=O) groups excluding carboxylic acids is 1. The molecule has 0 bridgehead atoms. The second-order valence-electron chi connectivity index (χ2n) is 6.98. The van der Waals surface area contributed by atoms with Crippen LogP contribution in [0.5, 0.6) is 5.88 Å². The monoisotopic (exact) mass is 419 g/mol. The van der Waals surface area contributed by atoms with E-state index in [0.717, 1.165) is 5.56 Å². The molecule has 158 valence electrons. The van der Waals surface area contributed by atoms with Crippen molar-refractivity contribution in [3.8, 4) is 17.3 Å². The van der Waals surface area contributed by atoms with E-state index in [4.69, 9.17) is 4.74 Å². The molecule has 4 aromatic rings. The van der Waals surface area contributed by atoms with Crippen molar-refractivity contribution in [2.45, 2.75) is 19.3 Å². The summed E-state index contributed by atoms with van der Waals surface area (Å²) < 4.78 is 20.4. The number of halogens is 1. The zero-order chi connectivity index (χ0) is 21.6. The average Bonchev–Trinajstić information content (AvgIpc) is 3.22. The van der Waals surface area contributed by atoms with Crippen LogP contribution in [0.4, 0.5) is 4.39 Å². The summed E-state index contributed by atoms with van der Waals surface area (Å²) in [7, 11) is 0. The van der Waals surface area contributed by atoms with Crippen molar-refractivity contribution in [1.82, 2.24) is 25.1 Å². The van der Waals surface area contributed by atoms with Crippen molar-refractivity contribution < 1.29 is 13.9 Å². The van der Waals surface area contributed by atoms with Gasteiger partial charge in [-0.25, -0.2) is 4.39 Å². The Hall–Kier alpha value is -3.81. The molecular formula is C23H22FN5O2. The molecule has 0 aliphatic heterocycles. The first kappa shape index (κ1) is 20.5. The van der Waals surface area contributed by atoms with Gasteiger partial charge < -0.3 is 10.1 Å². The highest BCUT2D eigenvalue weighted by Gasteiger charge is 2.18. The molecule has 0 saturated heterocycles. The molecule has 1 unspecified atom stereocenters. The van der Waals surface area contributed by atoms with Crippen LogP contribution >= 0.6 is 0 Å². The largest absolute Gasteiger partial charge is 0.475 e. The molecule has 0 aliphatic carbocycles. The van der Waals surface area contributed by atoms with Gasteiger partial charge in [0.25, 0.3) is 0 Å². The van der Waals surface area contributed by atoms with Crippen molar-refractivity contribution in [1.29, 1.82) is 0 Å². The van der Waals surface area contributed by atoms with Gasteiger partial charge in [0.15, 0.2) is 11.5 Å². The Bertz CT molecular complexity index is 1160. The van der Waals surface area contributed by atoms with Gasteiger partial charge in [0.05, 0.1) is 12.5 Å². The molecule has 0 saturated carbocycles. The number of hydrogen-bond acceptors (Lipinski definition) is 5. The van der Waals surface area contributed by atoms with E-state index in [2.05, 4.69) is 20.6 Å². The van der Waals surface area contributed by atoms with Gasteiger partial charge in [0, 0.05) is 11.6 Å². The number of benzene rings is 2. The van der Waals surface area contributed by atoms with Crippen LogP contribution in [0.25, 0.3) is 17.0 Å². The molecule has 31 heavy (non-hydrogen) atoms. The lowest BCUT2D eigenvalue weighted by atomic mass is 9.96. The predicted octanol–water partition coefficient (Wildman–Crippen LogP) is 3.62. The molecular weight excluding hydrogens is 397 g/mol. The summed E-state index contributed by atoms with van der Waals surface area (Å²) in [4.78, 5) is 12.5. The van der Waals surface area contributed by atoms with Crippen molar-refractivity contribution in [2.75, 3.05) is 13.2 Å². The summed E-state index contributed by atoms with van der Waals surface area (Å²) >= 11 is 0. The fourth-order valence-electron chi connectivity index (χ4n) is 3.34. The molecule has 1 amide bonds. The Morgan fingerprint density at radius 1 is 1.06 bits per heavy atom. The molecule has 0 spiro atoms. The van der Waals surface area contributed by atoms with Crippen LogP contribution in [0.2, 0.25) is 0 Å². The Balaban J connectivity index is 1.37. The van der Waals surface area contributed by atoms with Gasteiger partial charge in [-0.1, -0.05) is 37.3 Å². The summed E-state index contributed by atoms with van der Waals surface area (Å²) in [6.45, 7) is 2.61. The van der Waals surface area contributed by atoms with Crippen LogP contribution in [0.1, 0.15) is 24.8 Å². The number of ether oxygens (including phenoxy) is 1. The van der Waals surface area contributed by atoms with E-state index in [1.807, 2.05) is 37.3 Å². The summed E-state index contributed by atoms with van der Waals surface area (Å²) in [5.74, 6) is 0.320. The maximum absolute atomic E-state index is 13.2. The summed E-state index contributed by atoms with van der Waals surface area (Å²) in [5, 5.41) is 15.5. The van der Waals surface area contributed by atoms with Crippen LogP contribution < -0.4 is 10.1 Å². The fourth-order valence-corrected chi connectivity index (χ4v) is 3.34. The van der Waals surface area contributed by atoms with E-state index in [1.165, 1.54) is 12.1 Å². The SMILES string of the molecule is CCC(C(=O)NCCOc1ccc2nnc(-c3ccc(F)cc3)n2n1)c1ccccc1. The van der Waals surface area contributed by atoms with E-state index < -0.39 is 0 Å². The fraction of sp³-hybridized carbons (Fsp3) is 0.217. The highest BCUT2D eigenvalue weighted by Crippen LogP contribution is 2.20. The lowest BCUT2D eigenvalue weighted by Gasteiger charge is -2.15. The summed E-state index contributed by atoms with van der Waals surface area (Å²) in [6.07, 6.45) is 0.717. The van der Waals surface area contributed by atoms with Gasteiger partial charge in [0.2, 0.25) is 11.8 Å². The first-order chi connectivity index (χ1) is 15.2. The van der Waals surface area contributed by atoms with E-state index in [-0.39, 0.29) is 24.2 Å². The predicted molar refractivity (Wildman–Crippen MR) is 114 cm³/mol. The summed E-state index contributed by atoms with van der Waals surface area (Å²) in [5.41, 5.74) is 2.24. The lowest BCUT2D eigenvalue weighted by Crippen LogP contribution is -2.32. The summed E-state index contributed by atoms with van der Waals surface area (Å²) in [6, 6.07) is 19.1. The second kappa shape index (κ2) is 9.34. The van der Waals surface area contributed by atoms with E-state index in [1.54, 1.807) is 28.8 Å². The highest BCUT2D eigenvalue weighted by molar-refractivity contribution is 5.83. The van der Waals surface area contributed by atoms with E-state index >= 15 is 0 Å². The minimum absolute atomic E-state index is 0.0295. The lowest BCUT2D eigenvalue weighted by molar-refractivity contribution is -0.122. The van der Waals surface area contributed by atoms with Crippen molar-refractivity contribution >= 4 is 11.6 Å². The molecule has 4 rings (SSSR count). The van der Waals surface area contributed by atoms with Gasteiger partial charge in [-0.15, -0.1) is 15.3 Å². The Kier molecular flexibility index (Phi) is 6.16. The second-order valence-corrected chi connectivity index (χ2v) is 6.98. The molecule has 0 fully saturated rings. The minimum atomic E-state index is -0.325. The van der Waals surface area contributed by atoms with Gasteiger partial charge in [-0.3, -0.25) is 4.79 Å². The Morgan fingerprint density at radius 2 is 1.84 bits per heavy atom. The minimum Gasteiger partial charge on any atom is -0.475 e. The number of carbonyl (C=O) groups is 1. The van der Waals surface area contributed by atoms with Gasteiger partial charge in [-0.05, 0) is 42.3 Å². The first-order valence-electron chi connectivity index (χ1n) is 10.1. The number of nitrogens with one attached hydrogen (secondary N) is 1. The van der Waals surface area contributed by atoms with Gasteiger partial charge in [-0.2, -0.15) is 4.52 Å². The number of hydrogen-bond donors (Lipinski definition) is 1. The molecule has 2 heterocycles. The number of rotatable bonds is 8. The molecule has 1 N–H and O–H groups in total. The number of fused-ring (bicyclic) bond motifs is 1. The quantitative estimate of drug-likeness (QED) is 0.441. The van der Waals surface area contributed by atoms with Crippen molar-refractivity contribution in [3.05, 3.63) is 78.1 Å². The Morgan fingerprint density at radius 3 is 2.58 bits per heavy atom. The molecule has 2 aromatic carbocycles. The number of amides is 1. The standard InChI is InChI=1S/C23H22FN5O2/c1-2-19(16-6-4-3-5-7-16)23(30)25-14-15-31-21-13-12-20-26-27-22(29(20)28-21)17-8-10-18(24)11-9-17/h3-13,19H,2,14-15H2,1H3,(H,25,30). The van der Waals surface area contributed by atoms with Crippen LogP contribution in [-0.4, -0.2) is 38.9 Å². The van der Waals surface area contributed by atoms with Gasteiger partial charge >= 0.3 is 0 Å². The molecule has 2 aromatic heterocycles. The molecule has 7 nitrogen and oxygen atoms in total.